The molecule has 2 aromatic carbocycles. The lowest BCUT2D eigenvalue weighted by Crippen LogP contribution is -2.28. The number of hydrogen-bond acceptors (Lipinski definition) is 4. The Kier molecular flexibility index (Phi) is 6.00. The average Bonchev–Trinajstić information content (AvgIpc) is 3.21. The minimum absolute atomic E-state index is 0.0763. The van der Waals surface area contributed by atoms with Crippen LogP contribution in [0.15, 0.2) is 47.4 Å². The maximum absolute atomic E-state index is 13.0. The van der Waals surface area contributed by atoms with E-state index in [-0.39, 0.29) is 23.2 Å². The first-order valence-electron chi connectivity index (χ1n) is 9.13. The summed E-state index contributed by atoms with van der Waals surface area (Å²) in [5, 5.41) is 2.81. The van der Waals surface area contributed by atoms with Crippen molar-refractivity contribution in [3.63, 3.8) is 0 Å². The van der Waals surface area contributed by atoms with Crippen LogP contribution in [0.2, 0.25) is 0 Å². The smallest absolute Gasteiger partial charge is 0.253 e. The molecule has 0 spiro atoms. The summed E-state index contributed by atoms with van der Waals surface area (Å²) in [6, 6.07) is 10.5. The van der Waals surface area contributed by atoms with Crippen LogP contribution in [0.4, 0.5) is 10.1 Å². The molecular formula is C20H24FN3O3S. The third-order valence-electron chi connectivity index (χ3n) is 4.80. The molecule has 1 fully saturated rings. The third kappa shape index (κ3) is 4.34. The van der Waals surface area contributed by atoms with Crippen molar-refractivity contribution in [2.75, 3.05) is 32.1 Å². The number of sulfonamides is 1. The van der Waals surface area contributed by atoms with Gasteiger partial charge in [0.05, 0.1) is 10.5 Å². The second kappa shape index (κ2) is 8.28. The van der Waals surface area contributed by atoms with Crippen LogP contribution >= 0.6 is 0 Å². The summed E-state index contributed by atoms with van der Waals surface area (Å²) in [6.45, 7) is 1.89. The Morgan fingerprint density at radius 3 is 2.36 bits per heavy atom. The van der Waals surface area contributed by atoms with Crippen molar-refractivity contribution >= 4 is 21.6 Å². The van der Waals surface area contributed by atoms with Crippen molar-refractivity contribution in [2.24, 2.45) is 0 Å². The van der Waals surface area contributed by atoms with Gasteiger partial charge in [-0.25, -0.2) is 17.1 Å². The normalized spacial score (nSPS) is 14.5. The summed E-state index contributed by atoms with van der Waals surface area (Å²) in [4.78, 5) is 15.1. The molecule has 1 saturated heterocycles. The van der Waals surface area contributed by atoms with Crippen LogP contribution in [-0.2, 0) is 16.6 Å². The predicted molar refractivity (Wildman–Crippen MR) is 106 cm³/mol. The highest BCUT2D eigenvalue weighted by molar-refractivity contribution is 7.89. The predicted octanol–water partition coefficient (Wildman–Crippen LogP) is 2.61. The number of anilines is 1. The van der Waals surface area contributed by atoms with Crippen LogP contribution in [0, 0.1) is 5.82 Å². The first kappa shape index (κ1) is 20.3. The van der Waals surface area contributed by atoms with E-state index in [1.54, 1.807) is 24.3 Å². The zero-order chi connectivity index (χ0) is 20.3. The highest BCUT2D eigenvalue weighted by Gasteiger charge is 2.24. The molecule has 1 aliphatic rings. The fourth-order valence-corrected chi connectivity index (χ4v) is 4.11. The van der Waals surface area contributed by atoms with Crippen molar-refractivity contribution in [3.8, 4) is 0 Å². The minimum Gasteiger partial charge on any atom is -0.371 e. The maximum Gasteiger partial charge on any atom is 0.253 e. The van der Waals surface area contributed by atoms with Crippen molar-refractivity contribution in [1.82, 2.24) is 9.62 Å². The number of nitrogens with zero attached hydrogens (tertiary/aromatic N) is 2. The molecule has 150 valence electrons. The zero-order valence-corrected chi connectivity index (χ0v) is 16.8. The number of hydrogen-bond donors (Lipinski definition) is 1. The van der Waals surface area contributed by atoms with Crippen LogP contribution in [0.25, 0.3) is 0 Å². The average molecular weight is 405 g/mol. The fraction of sp³-hybridized carbons (Fsp3) is 0.350. The van der Waals surface area contributed by atoms with E-state index in [2.05, 4.69) is 10.2 Å². The molecule has 1 amide bonds. The van der Waals surface area contributed by atoms with Gasteiger partial charge in [0.2, 0.25) is 10.0 Å². The molecule has 3 rings (SSSR count). The molecule has 0 radical (unpaired) electrons. The topological polar surface area (TPSA) is 69.7 Å². The van der Waals surface area contributed by atoms with E-state index in [0.29, 0.717) is 5.56 Å². The summed E-state index contributed by atoms with van der Waals surface area (Å²) >= 11 is 0. The molecule has 0 unspecified atom stereocenters. The van der Waals surface area contributed by atoms with E-state index in [0.717, 1.165) is 41.5 Å². The van der Waals surface area contributed by atoms with E-state index in [1.165, 1.54) is 32.3 Å². The summed E-state index contributed by atoms with van der Waals surface area (Å²) in [5.74, 6) is -0.699. The van der Waals surface area contributed by atoms with Gasteiger partial charge >= 0.3 is 0 Å². The molecule has 8 heteroatoms. The van der Waals surface area contributed by atoms with Crippen LogP contribution < -0.4 is 10.2 Å². The molecule has 1 N–H and O–H groups in total. The Morgan fingerprint density at radius 2 is 1.75 bits per heavy atom. The van der Waals surface area contributed by atoms with Crippen molar-refractivity contribution < 1.29 is 17.6 Å². The van der Waals surface area contributed by atoms with E-state index in [9.17, 15) is 17.6 Å². The van der Waals surface area contributed by atoms with Gasteiger partial charge in [0.25, 0.3) is 5.91 Å². The first-order valence-corrected chi connectivity index (χ1v) is 10.6. The third-order valence-corrected chi connectivity index (χ3v) is 6.62. The van der Waals surface area contributed by atoms with E-state index >= 15 is 0 Å². The number of carbonyl (C=O) groups excluding carboxylic acids is 1. The van der Waals surface area contributed by atoms with Gasteiger partial charge in [0.15, 0.2) is 0 Å². The lowest BCUT2D eigenvalue weighted by molar-refractivity contribution is 0.0951. The standard InChI is InChI=1S/C20H24FN3O3S/c1-23(2)28(26,27)17-9-10-19(24-11-3-4-12-24)18(13-17)20(25)22-14-15-5-7-16(21)8-6-15/h5-10,13H,3-4,11-12,14H2,1-2H3,(H,22,25). The summed E-state index contributed by atoms with van der Waals surface area (Å²) < 4.78 is 39.2. The van der Waals surface area contributed by atoms with Gasteiger partial charge < -0.3 is 10.2 Å². The number of halogens is 1. The molecule has 0 aliphatic carbocycles. The molecule has 0 aromatic heterocycles. The lowest BCUT2D eigenvalue weighted by atomic mass is 10.1. The largest absolute Gasteiger partial charge is 0.371 e. The maximum atomic E-state index is 13.0. The van der Waals surface area contributed by atoms with Gasteiger partial charge in [-0.3, -0.25) is 4.79 Å². The van der Waals surface area contributed by atoms with Gasteiger partial charge in [-0.15, -0.1) is 0 Å². The zero-order valence-electron chi connectivity index (χ0n) is 16.0. The SMILES string of the molecule is CN(C)S(=O)(=O)c1ccc(N2CCCC2)c(C(=O)NCc2ccc(F)cc2)c1. The van der Waals surface area contributed by atoms with Crippen molar-refractivity contribution in [2.45, 2.75) is 24.3 Å². The van der Waals surface area contributed by atoms with Gasteiger partial charge in [-0.05, 0) is 48.7 Å². The molecule has 0 saturated carbocycles. The van der Waals surface area contributed by atoms with Crippen molar-refractivity contribution in [3.05, 3.63) is 59.4 Å². The molecule has 6 nitrogen and oxygen atoms in total. The summed E-state index contributed by atoms with van der Waals surface area (Å²) in [5.41, 5.74) is 1.81. The van der Waals surface area contributed by atoms with Gasteiger partial charge in [-0.2, -0.15) is 0 Å². The molecule has 1 aliphatic heterocycles. The second-order valence-electron chi connectivity index (χ2n) is 6.97. The number of benzene rings is 2. The highest BCUT2D eigenvalue weighted by Crippen LogP contribution is 2.28. The minimum atomic E-state index is -3.65. The number of amides is 1. The fourth-order valence-electron chi connectivity index (χ4n) is 3.18. The van der Waals surface area contributed by atoms with Crippen LogP contribution in [-0.4, -0.2) is 45.8 Å². The van der Waals surface area contributed by atoms with Crippen LogP contribution in [0.1, 0.15) is 28.8 Å². The van der Waals surface area contributed by atoms with Crippen LogP contribution in [0.5, 0.6) is 0 Å². The Labute approximate surface area is 165 Å². The molecular weight excluding hydrogens is 381 g/mol. The highest BCUT2D eigenvalue weighted by atomic mass is 32.2. The molecule has 2 aromatic rings. The second-order valence-corrected chi connectivity index (χ2v) is 9.12. The van der Waals surface area contributed by atoms with E-state index in [4.69, 9.17) is 0 Å². The van der Waals surface area contributed by atoms with Gasteiger partial charge in [-0.1, -0.05) is 12.1 Å². The Balaban J connectivity index is 1.90. The van der Waals surface area contributed by atoms with E-state index < -0.39 is 10.0 Å². The molecule has 28 heavy (non-hydrogen) atoms. The summed E-state index contributed by atoms with van der Waals surface area (Å²) in [7, 11) is -0.739. The van der Waals surface area contributed by atoms with Gasteiger partial charge in [0.1, 0.15) is 5.82 Å². The first-order chi connectivity index (χ1) is 13.3. The molecule has 0 atom stereocenters. The Morgan fingerprint density at radius 1 is 1.11 bits per heavy atom. The lowest BCUT2D eigenvalue weighted by Gasteiger charge is -2.22. The number of nitrogens with one attached hydrogen (secondary N) is 1. The van der Waals surface area contributed by atoms with Crippen molar-refractivity contribution in [1.29, 1.82) is 0 Å². The number of rotatable bonds is 6. The monoisotopic (exact) mass is 405 g/mol. The quantitative estimate of drug-likeness (QED) is 0.802. The number of carbonyl (C=O) groups is 1. The molecule has 1 heterocycles. The Hall–Kier alpha value is -2.45. The molecule has 0 bridgehead atoms. The Bertz CT molecular complexity index is 953. The van der Waals surface area contributed by atoms with E-state index in [1.807, 2.05) is 0 Å². The van der Waals surface area contributed by atoms with Crippen LogP contribution in [0.3, 0.4) is 0 Å². The van der Waals surface area contributed by atoms with Gasteiger partial charge in [0, 0.05) is 39.4 Å². The summed E-state index contributed by atoms with van der Waals surface area (Å²) in [6.07, 6.45) is 2.07.